The number of rotatable bonds is 4. The molecule has 17 heavy (non-hydrogen) atoms. The van der Waals surface area contributed by atoms with Crippen molar-refractivity contribution in [1.82, 2.24) is 20.1 Å². The fourth-order valence-corrected chi connectivity index (χ4v) is 1.42. The largest absolute Gasteiger partial charge is 0.369 e. The number of hydrogen-bond acceptors (Lipinski definition) is 6. The lowest BCUT2D eigenvalue weighted by Gasteiger charge is -2.03. The summed E-state index contributed by atoms with van der Waals surface area (Å²) in [5, 5.41) is 6.80. The van der Waals surface area contributed by atoms with Crippen LogP contribution in [0, 0.1) is 13.8 Å². The molecule has 2 aromatic heterocycles. The molecule has 0 saturated carbocycles. The van der Waals surface area contributed by atoms with Crippen LogP contribution >= 0.6 is 0 Å². The lowest BCUT2D eigenvalue weighted by molar-refractivity contribution is 0.387. The van der Waals surface area contributed by atoms with E-state index in [4.69, 9.17) is 4.52 Å². The van der Waals surface area contributed by atoms with Crippen LogP contribution in [0.15, 0.2) is 15.4 Å². The maximum atomic E-state index is 11.2. The van der Waals surface area contributed by atoms with Crippen molar-refractivity contribution in [1.29, 1.82) is 0 Å². The first-order valence-corrected chi connectivity index (χ1v) is 5.24. The van der Waals surface area contributed by atoms with Crippen molar-refractivity contribution >= 4 is 5.82 Å². The number of H-pyrrole nitrogens is 1. The van der Waals surface area contributed by atoms with Gasteiger partial charge in [-0.2, -0.15) is 4.98 Å². The maximum absolute atomic E-state index is 11.2. The zero-order valence-corrected chi connectivity index (χ0v) is 9.65. The fourth-order valence-electron chi connectivity index (χ4n) is 1.42. The van der Waals surface area contributed by atoms with Crippen LogP contribution in [0.25, 0.3) is 0 Å². The normalized spacial score (nSPS) is 10.5. The van der Waals surface area contributed by atoms with Crippen LogP contribution in [0.3, 0.4) is 0 Å². The predicted octanol–water partition coefficient (Wildman–Crippen LogP) is 0.424. The second-order valence-corrected chi connectivity index (χ2v) is 3.62. The van der Waals surface area contributed by atoms with Crippen molar-refractivity contribution in [2.75, 3.05) is 11.9 Å². The highest BCUT2D eigenvalue weighted by Gasteiger charge is 2.02. The highest BCUT2D eigenvalue weighted by atomic mass is 16.5. The van der Waals surface area contributed by atoms with Gasteiger partial charge in [0.15, 0.2) is 5.82 Å². The molecule has 0 bridgehead atoms. The molecule has 7 heteroatoms. The van der Waals surface area contributed by atoms with Crippen LogP contribution in [0.2, 0.25) is 0 Å². The summed E-state index contributed by atoms with van der Waals surface area (Å²) >= 11 is 0. The number of nitrogens with zero attached hydrogens (tertiary/aromatic N) is 3. The summed E-state index contributed by atoms with van der Waals surface area (Å²) in [6, 6.07) is 1.41. The Kier molecular flexibility index (Phi) is 3.17. The fraction of sp³-hybridized carbons (Fsp3) is 0.400. The molecule has 0 aliphatic carbocycles. The maximum Gasteiger partial charge on any atom is 0.252 e. The average molecular weight is 235 g/mol. The molecule has 0 fully saturated rings. The van der Waals surface area contributed by atoms with Crippen molar-refractivity contribution in [3.8, 4) is 0 Å². The number of hydrogen-bond donors (Lipinski definition) is 2. The lowest BCUT2D eigenvalue weighted by atomic mass is 10.4. The molecule has 0 spiro atoms. The minimum absolute atomic E-state index is 0.171. The minimum Gasteiger partial charge on any atom is -0.369 e. The minimum atomic E-state index is -0.171. The molecule has 2 heterocycles. The summed E-state index contributed by atoms with van der Waals surface area (Å²) in [5.41, 5.74) is -0.171. The van der Waals surface area contributed by atoms with E-state index < -0.39 is 0 Å². The molecule has 0 atom stereocenters. The van der Waals surface area contributed by atoms with Crippen molar-refractivity contribution in [2.45, 2.75) is 20.3 Å². The van der Waals surface area contributed by atoms with Crippen LogP contribution < -0.4 is 10.9 Å². The third-order valence-corrected chi connectivity index (χ3v) is 2.08. The number of anilines is 1. The molecule has 0 saturated heterocycles. The van der Waals surface area contributed by atoms with Crippen LogP contribution in [-0.4, -0.2) is 26.7 Å². The molecule has 0 radical (unpaired) electrons. The van der Waals surface area contributed by atoms with Gasteiger partial charge in [-0.15, -0.1) is 0 Å². The van der Waals surface area contributed by atoms with Crippen LogP contribution in [0.4, 0.5) is 5.82 Å². The third kappa shape index (κ3) is 3.13. The molecular formula is C10H13N5O2. The Labute approximate surface area is 97.3 Å². The van der Waals surface area contributed by atoms with Gasteiger partial charge in [0.1, 0.15) is 11.6 Å². The predicted molar refractivity (Wildman–Crippen MR) is 60.8 cm³/mol. The first-order valence-electron chi connectivity index (χ1n) is 5.24. The second-order valence-electron chi connectivity index (χ2n) is 3.62. The quantitative estimate of drug-likeness (QED) is 0.797. The Morgan fingerprint density at radius 3 is 2.88 bits per heavy atom. The molecule has 0 aromatic carbocycles. The van der Waals surface area contributed by atoms with E-state index in [1.54, 1.807) is 13.8 Å². The zero-order chi connectivity index (χ0) is 12.3. The Balaban J connectivity index is 1.92. The Hall–Kier alpha value is -2.18. The smallest absolute Gasteiger partial charge is 0.252 e. The van der Waals surface area contributed by atoms with Gasteiger partial charge in [0.2, 0.25) is 5.89 Å². The third-order valence-electron chi connectivity index (χ3n) is 2.08. The summed E-state index contributed by atoms with van der Waals surface area (Å²) < 4.78 is 4.85. The molecule has 7 nitrogen and oxygen atoms in total. The van der Waals surface area contributed by atoms with Gasteiger partial charge in [-0.3, -0.25) is 4.79 Å². The Bertz CT molecular complexity index is 560. The van der Waals surface area contributed by atoms with Gasteiger partial charge < -0.3 is 14.8 Å². The van der Waals surface area contributed by atoms with Gasteiger partial charge in [-0.25, -0.2) is 4.98 Å². The molecule has 0 unspecified atom stereocenters. The van der Waals surface area contributed by atoms with E-state index in [-0.39, 0.29) is 5.56 Å². The highest BCUT2D eigenvalue weighted by molar-refractivity contribution is 5.32. The molecule has 0 aliphatic rings. The molecule has 0 aliphatic heterocycles. The first-order chi connectivity index (χ1) is 8.13. The average Bonchev–Trinajstić information content (AvgIpc) is 2.63. The Morgan fingerprint density at radius 1 is 1.41 bits per heavy atom. The van der Waals surface area contributed by atoms with Crippen molar-refractivity contribution < 1.29 is 4.52 Å². The van der Waals surface area contributed by atoms with Crippen LogP contribution in [0.1, 0.15) is 17.5 Å². The molecular weight excluding hydrogens is 222 g/mol. The van der Waals surface area contributed by atoms with Crippen molar-refractivity contribution in [3.05, 3.63) is 34.0 Å². The SMILES string of the molecule is Cc1nc(NCCc2noc(C)n2)cc(=O)[nH]1. The van der Waals surface area contributed by atoms with Gasteiger partial charge in [-0.05, 0) is 6.92 Å². The first kappa shape index (κ1) is 11.3. The summed E-state index contributed by atoms with van der Waals surface area (Å²) in [5.74, 6) is 2.31. The Morgan fingerprint density at radius 2 is 2.24 bits per heavy atom. The van der Waals surface area contributed by atoms with Crippen molar-refractivity contribution in [3.63, 3.8) is 0 Å². The van der Waals surface area contributed by atoms with E-state index in [0.717, 1.165) is 0 Å². The van der Waals surface area contributed by atoms with E-state index in [1.165, 1.54) is 6.07 Å². The molecule has 0 amide bonds. The number of nitrogens with one attached hydrogen (secondary N) is 2. The monoisotopic (exact) mass is 235 g/mol. The molecule has 2 aromatic rings. The van der Waals surface area contributed by atoms with Gasteiger partial charge in [0, 0.05) is 26.0 Å². The van der Waals surface area contributed by atoms with E-state index in [1.807, 2.05) is 0 Å². The number of aromatic amines is 1. The second kappa shape index (κ2) is 4.77. The summed E-state index contributed by atoms with van der Waals surface area (Å²) in [7, 11) is 0. The molecule has 2 rings (SSSR count). The van der Waals surface area contributed by atoms with Crippen LogP contribution in [-0.2, 0) is 6.42 Å². The number of aryl methyl sites for hydroxylation is 2. The van der Waals surface area contributed by atoms with E-state index in [2.05, 4.69) is 25.4 Å². The van der Waals surface area contributed by atoms with Gasteiger partial charge in [0.05, 0.1) is 0 Å². The van der Waals surface area contributed by atoms with Gasteiger partial charge in [-0.1, -0.05) is 5.16 Å². The van der Waals surface area contributed by atoms with E-state index in [0.29, 0.717) is 36.3 Å². The molecule has 90 valence electrons. The standard InChI is InChI=1S/C10H13N5O2/c1-6-12-9(5-10(16)13-6)11-4-3-8-14-7(2)17-15-8/h5H,3-4H2,1-2H3,(H2,11,12,13,16). The summed E-state index contributed by atoms with van der Waals surface area (Å²) in [6.07, 6.45) is 0.616. The number of aromatic nitrogens is 4. The molecule has 2 N–H and O–H groups in total. The lowest BCUT2D eigenvalue weighted by Crippen LogP contribution is -2.13. The highest BCUT2D eigenvalue weighted by Crippen LogP contribution is 2.00. The van der Waals surface area contributed by atoms with E-state index in [9.17, 15) is 4.79 Å². The van der Waals surface area contributed by atoms with Crippen LogP contribution in [0.5, 0.6) is 0 Å². The summed E-state index contributed by atoms with van der Waals surface area (Å²) in [4.78, 5) is 22.0. The van der Waals surface area contributed by atoms with E-state index >= 15 is 0 Å². The summed E-state index contributed by atoms with van der Waals surface area (Å²) in [6.45, 7) is 4.07. The van der Waals surface area contributed by atoms with Gasteiger partial charge in [0.25, 0.3) is 5.56 Å². The zero-order valence-electron chi connectivity index (χ0n) is 9.65. The van der Waals surface area contributed by atoms with Gasteiger partial charge >= 0.3 is 0 Å². The topological polar surface area (TPSA) is 96.7 Å². The van der Waals surface area contributed by atoms with Crippen molar-refractivity contribution in [2.24, 2.45) is 0 Å².